The van der Waals surface area contributed by atoms with Gasteiger partial charge < -0.3 is 4.90 Å². The SMILES string of the molecule is CCNN(C)C[C@@H]1CCN(CCF)C1. The van der Waals surface area contributed by atoms with Gasteiger partial charge in [-0.05, 0) is 18.9 Å². The van der Waals surface area contributed by atoms with Gasteiger partial charge in [0.2, 0.25) is 0 Å². The summed E-state index contributed by atoms with van der Waals surface area (Å²) in [6.45, 7) is 6.65. The first-order valence-electron chi connectivity index (χ1n) is 5.49. The number of alkyl halides is 1. The first-order chi connectivity index (χ1) is 6.76. The zero-order chi connectivity index (χ0) is 10.4. The van der Waals surface area contributed by atoms with Crippen LogP contribution in [0.15, 0.2) is 0 Å². The van der Waals surface area contributed by atoms with Gasteiger partial charge in [0.15, 0.2) is 0 Å². The van der Waals surface area contributed by atoms with E-state index in [2.05, 4.69) is 29.3 Å². The third kappa shape index (κ3) is 3.90. The van der Waals surface area contributed by atoms with E-state index in [1.54, 1.807) is 0 Å². The second kappa shape index (κ2) is 6.32. The van der Waals surface area contributed by atoms with Crippen LogP contribution in [-0.2, 0) is 0 Å². The highest BCUT2D eigenvalue weighted by Gasteiger charge is 2.22. The molecule has 0 amide bonds. The Morgan fingerprint density at radius 1 is 1.57 bits per heavy atom. The predicted octanol–water partition coefficient (Wildman–Crippen LogP) is 0.734. The van der Waals surface area contributed by atoms with Crippen LogP contribution in [0.3, 0.4) is 0 Å². The summed E-state index contributed by atoms with van der Waals surface area (Å²) in [5.41, 5.74) is 3.26. The third-order valence-electron chi connectivity index (χ3n) is 2.73. The maximum absolute atomic E-state index is 12.1. The van der Waals surface area contributed by atoms with Gasteiger partial charge in [0.25, 0.3) is 0 Å². The lowest BCUT2D eigenvalue weighted by atomic mass is 10.1. The minimum Gasteiger partial charge on any atom is -0.300 e. The summed E-state index contributed by atoms with van der Waals surface area (Å²) in [5.74, 6) is 0.700. The molecule has 0 spiro atoms. The van der Waals surface area contributed by atoms with Crippen LogP contribution in [0.4, 0.5) is 4.39 Å². The van der Waals surface area contributed by atoms with Crippen molar-refractivity contribution in [2.24, 2.45) is 5.92 Å². The van der Waals surface area contributed by atoms with Gasteiger partial charge in [-0.1, -0.05) is 6.92 Å². The highest BCUT2D eigenvalue weighted by Crippen LogP contribution is 2.15. The summed E-state index contributed by atoms with van der Waals surface area (Å²) in [7, 11) is 2.07. The van der Waals surface area contributed by atoms with Crippen LogP contribution in [-0.4, -0.2) is 56.4 Å². The van der Waals surface area contributed by atoms with Crippen molar-refractivity contribution in [1.82, 2.24) is 15.3 Å². The van der Waals surface area contributed by atoms with Crippen molar-refractivity contribution in [1.29, 1.82) is 0 Å². The van der Waals surface area contributed by atoms with E-state index >= 15 is 0 Å². The van der Waals surface area contributed by atoms with Crippen molar-refractivity contribution < 1.29 is 4.39 Å². The lowest BCUT2D eigenvalue weighted by Crippen LogP contribution is -2.38. The molecule has 1 aliphatic rings. The lowest BCUT2D eigenvalue weighted by molar-refractivity contribution is 0.198. The molecule has 0 aromatic heterocycles. The van der Waals surface area contributed by atoms with Crippen LogP contribution >= 0.6 is 0 Å². The monoisotopic (exact) mass is 203 g/mol. The van der Waals surface area contributed by atoms with Crippen molar-refractivity contribution in [3.63, 3.8) is 0 Å². The highest BCUT2D eigenvalue weighted by atomic mass is 19.1. The van der Waals surface area contributed by atoms with E-state index in [9.17, 15) is 4.39 Å². The summed E-state index contributed by atoms with van der Waals surface area (Å²) in [6.07, 6.45) is 1.20. The molecule has 0 bridgehead atoms. The van der Waals surface area contributed by atoms with Gasteiger partial charge in [0, 0.05) is 33.2 Å². The molecule has 0 unspecified atom stereocenters. The molecule has 1 rings (SSSR count). The molecule has 1 atom stereocenters. The van der Waals surface area contributed by atoms with E-state index < -0.39 is 0 Å². The van der Waals surface area contributed by atoms with E-state index in [-0.39, 0.29) is 6.67 Å². The first-order valence-corrected chi connectivity index (χ1v) is 5.49. The summed E-state index contributed by atoms with van der Waals surface area (Å²) in [5, 5.41) is 2.14. The number of rotatable bonds is 6. The second-order valence-electron chi connectivity index (χ2n) is 4.04. The van der Waals surface area contributed by atoms with Gasteiger partial charge in [-0.25, -0.2) is 9.40 Å². The summed E-state index contributed by atoms with van der Waals surface area (Å²) < 4.78 is 12.1. The van der Waals surface area contributed by atoms with Crippen molar-refractivity contribution >= 4 is 0 Å². The lowest BCUT2D eigenvalue weighted by Gasteiger charge is -2.21. The molecular weight excluding hydrogens is 181 g/mol. The molecule has 0 aromatic rings. The summed E-state index contributed by atoms with van der Waals surface area (Å²) in [6, 6.07) is 0. The second-order valence-corrected chi connectivity index (χ2v) is 4.04. The molecule has 1 fully saturated rings. The van der Waals surface area contributed by atoms with E-state index in [0.29, 0.717) is 12.5 Å². The Balaban J connectivity index is 2.15. The Kier molecular flexibility index (Phi) is 5.37. The molecule has 1 aliphatic heterocycles. The fraction of sp³-hybridized carbons (Fsp3) is 1.00. The summed E-state index contributed by atoms with van der Waals surface area (Å²) in [4.78, 5) is 2.21. The number of hydrogen-bond donors (Lipinski definition) is 1. The number of nitrogens with zero attached hydrogens (tertiary/aromatic N) is 2. The Morgan fingerprint density at radius 3 is 3.00 bits per heavy atom. The highest BCUT2D eigenvalue weighted by molar-refractivity contribution is 4.76. The molecule has 0 radical (unpaired) electrons. The Morgan fingerprint density at radius 2 is 2.36 bits per heavy atom. The largest absolute Gasteiger partial charge is 0.300 e. The van der Waals surface area contributed by atoms with Crippen molar-refractivity contribution in [3.05, 3.63) is 0 Å². The Labute approximate surface area is 86.2 Å². The molecule has 1 heterocycles. The van der Waals surface area contributed by atoms with Gasteiger partial charge >= 0.3 is 0 Å². The fourth-order valence-corrected chi connectivity index (χ4v) is 2.11. The van der Waals surface area contributed by atoms with Crippen molar-refractivity contribution in [3.8, 4) is 0 Å². The minimum atomic E-state index is -0.213. The van der Waals surface area contributed by atoms with Crippen LogP contribution in [0, 0.1) is 5.92 Å². The fourth-order valence-electron chi connectivity index (χ4n) is 2.11. The van der Waals surface area contributed by atoms with Gasteiger partial charge in [-0.2, -0.15) is 0 Å². The predicted molar refractivity (Wildman–Crippen MR) is 56.8 cm³/mol. The van der Waals surface area contributed by atoms with Gasteiger partial charge in [-0.3, -0.25) is 5.43 Å². The van der Waals surface area contributed by atoms with Crippen LogP contribution < -0.4 is 5.43 Å². The molecule has 0 saturated carbocycles. The minimum absolute atomic E-state index is 0.213. The molecule has 14 heavy (non-hydrogen) atoms. The van der Waals surface area contributed by atoms with E-state index in [1.807, 2.05) is 0 Å². The molecule has 0 aromatic carbocycles. The molecule has 1 saturated heterocycles. The molecular formula is C10H22FN3. The van der Waals surface area contributed by atoms with Crippen LogP contribution in [0.2, 0.25) is 0 Å². The summed E-state index contributed by atoms with van der Waals surface area (Å²) >= 11 is 0. The van der Waals surface area contributed by atoms with Crippen LogP contribution in [0.25, 0.3) is 0 Å². The van der Waals surface area contributed by atoms with Gasteiger partial charge in [-0.15, -0.1) is 0 Å². The van der Waals surface area contributed by atoms with Crippen LogP contribution in [0.5, 0.6) is 0 Å². The number of nitrogens with one attached hydrogen (secondary N) is 1. The van der Waals surface area contributed by atoms with E-state index in [4.69, 9.17) is 0 Å². The van der Waals surface area contributed by atoms with Crippen molar-refractivity contribution in [2.45, 2.75) is 13.3 Å². The maximum atomic E-state index is 12.1. The number of likely N-dealkylation sites (tertiary alicyclic amines) is 1. The Bertz CT molecular complexity index is 154. The molecule has 4 heteroatoms. The molecule has 3 nitrogen and oxygen atoms in total. The number of halogens is 1. The smallest absolute Gasteiger partial charge is 0.102 e. The molecule has 0 aliphatic carbocycles. The average Bonchev–Trinajstić information content (AvgIpc) is 2.53. The van der Waals surface area contributed by atoms with Crippen LogP contribution in [0.1, 0.15) is 13.3 Å². The van der Waals surface area contributed by atoms with E-state index in [0.717, 1.165) is 26.2 Å². The normalized spacial score (nSPS) is 23.6. The Hall–Kier alpha value is -0.190. The standard InChI is InChI=1S/C10H22FN3/c1-3-12-13(2)8-10-4-6-14(9-10)7-5-11/h10,12H,3-9H2,1-2H3/t10-/m0/s1. The third-order valence-corrected chi connectivity index (χ3v) is 2.73. The van der Waals surface area contributed by atoms with Gasteiger partial charge in [0.1, 0.15) is 6.67 Å². The van der Waals surface area contributed by atoms with Gasteiger partial charge in [0.05, 0.1) is 0 Å². The molecule has 1 N–H and O–H groups in total. The zero-order valence-electron chi connectivity index (χ0n) is 9.30. The maximum Gasteiger partial charge on any atom is 0.102 e. The molecule has 84 valence electrons. The number of hydrazine groups is 1. The quantitative estimate of drug-likeness (QED) is 0.642. The van der Waals surface area contributed by atoms with E-state index in [1.165, 1.54) is 6.42 Å². The topological polar surface area (TPSA) is 18.5 Å². The first kappa shape index (κ1) is 11.9. The van der Waals surface area contributed by atoms with Crippen molar-refractivity contribution in [2.75, 3.05) is 46.4 Å². The number of hydrogen-bond acceptors (Lipinski definition) is 3. The zero-order valence-corrected chi connectivity index (χ0v) is 9.30. The average molecular weight is 203 g/mol.